The van der Waals surface area contributed by atoms with E-state index in [0.717, 1.165) is 16.1 Å². The zero-order valence-electron chi connectivity index (χ0n) is 20.5. The number of unbranched alkanes of at least 4 members (excludes halogenated alkanes) is 1. The Bertz CT molecular complexity index is 1200. The van der Waals surface area contributed by atoms with E-state index in [2.05, 4.69) is 14.7 Å². The van der Waals surface area contributed by atoms with Gasteiger partial charge >= 0.3 is 11.8 Å². The van der Waals surface area contributed by atoms with E-state index < -0.39 is 33.4 Å². The Morgan fingerprint density at radius 1 is 1.09 bits per heavy atom. The van der Waals surface area contributed by atoms with Gasteiger partial charge in [-0.25, -0.2) is 31.9 Å². The van der Waals surface area contributed by atoms with E-state index in [9.17, 15) is 27.2 Å². The summed E-state index contributed by atoms with van der Waals surface area (Å²) in [6.45, 7) is 5.37. The molecule has 1 aromatic heterocycles. The average Bonchev–Trinajstić information content (AvgIpc) is 2.80. The normalized spacial score (nSPS) is 11.4. The molecule has 190 valence electrons. The van der Waals surface area contributed by atoms with Gasteiger partial charge in [0.2, 0.25) is 21.8 Å². The summed E-state index contributed by atoms with van der Waals surface area (Å²) >= 11 is 0. The van der Waals surface area contributed by atoms with Crippen molar-refractivity contribution in [3.63, 3.8) is 0 Å². The minimum Gasteiger partial charge on any atom is -0.460 e. The number of halogens is 1. The number of sulfonamides is 1. The second kappa shape index (κ2) is 12.0. The van der Waals surface area contributed by atoms with Crippen molar-refractivity contribution in [2.24, 2.45) is 0 Å². The molecule has 11 heteroatoms. The molecule has 0 bridgehead atoms. The van der Waals surface area contributed by atoms with Crippen LogP contribution in [0.1, 0.15) is 57.2 Å². The molecule has 0 N–H and O–H groups in total. The van der Waals surface area contributed by atoms with Crippen LogP contribution in [0.3, 0.4) is 0 Å². The lowest BCUT2D eigenvalue weighted by Crippen LogP contribution is -2.28. The van der Waals surface area contributed by atoms with Gasteiger partial charge in [0.25, 0.3) is 0 Å². The van der Waals surface area contributed by atoms with Crippen LogP contribution in [0.5, 0.6) is 0 Å². The van der Waals surface area contributed by atoms with Crippen molar-refractivity contribution >= 4 is 33.5 Å². The first-order chi connectivity index (χ1) is 16.4. The molecular weight excluding hydrogens is 477 g/mol. The number of ketones is 2. The van der Waals surface area contributed by atoms with Gasteiger partial charge in [0, 0.05) is 24.6 Å². The van der Waals surface area contributed by atoms with Gasteiger partial charge in [0.15, 0.2) is 0 Å². The zero-order valence-corrected chi connectivity index (χ0v) is 21.3. The van der Waals surface area contributed by atoms with Crippen LogP contribution in [-0.2, 0) is 35.6 Å². The van der Waals surface area contributed by atoms with Crippen molar-refractivity contribution in [3.8, 4) is 11.3 Å². The van der Waals surface area contributed by atoms with E-state index in [1.807, 2.05) is 13.8 Å². The lowest BCUT2D eigenvalue weighted by Gasteiger charge is -2.21. The van der Waals surface area contributed by atoms with Gasteiger partial charge in [0.1, 0.15) is 5.82 Å². The Morgan fingerprint density at radius 2 is 1.71 bits per heavy atom. The van der Waals surface area contributed by atoms with Crippen LogP contribution >= 0.6 is 0 Å². The smallest absolute Gasteiger partial charge is 0.382 e. The fourth-order valence-electron chi connectivity index (χ4n) is 3.36. The summed E-state index contributed by atoms with van der Waals surface area (Å²) in [5, 5.41) is 0. The van der Waals surface area contributed by atoms with Crippen LogP contribution in [0, 0.1) is 5.82 Å². The Morgan fingerprint density at radius 3 is 2.26 bits per heavy atom. The molecule has 35 heavy (non-hydrogen) atoms. The molecule has 9 nitrogen and oxygen atoms in total. The maximum absolute atomic E-state index is 13.6. The number of nitrogens with zero attached hydrogens (tertiary/aromatic N) is 3. The van der Waals surface area contributed by atoms with E-state index in [0.29, 0.717) is 36.2 Å². The van der Waals surface area contributed by atoms with Crippen LogP contribution in [0.15, 0.2) is 24.3 Å². The van der Waals surface area contributed by atoms with Crippen LogP contribution in [0.25, 0.3) is 11.3 Å². The van der Waals surface area contributed by atoms with Gasteiger partial charge in [0.05, 0.1) is 24.3 Å². The molecule has 0 unspecified atom stereocenters. The molecule has 0 amide bonds. The van der Waals surface area contributed by atoms with Gasteiger partial charge in [-0.1, -0.05) is 13.8 Å². The highest BCUT2D eigenvalue weighted by atomic mass is 32.2. The monoisotopic (exact) mass is 507 g/mol. The number of rotatable bonds is 12. The number of hydrogen-bond donors (Lipinski definition) is 0. The van der Waals surface area contributed by atoms with Crippen LogP contribution in [-0.4, -0.2) is 55.8 Å². The Kier molecular flexibility index (Phi) is 9.58. The largest absolute Gasteiger partial charge is 0.460 e. The number of aromatic nitrogens is 2. The minimum atomic E-state index is -3.63. The van der Waals surface area contributed by atoms with E-state index in [-0.39, 0.29) is 24.9 Å². The maximum Gasteiger partial charge on any atom is 0.382 e. The molecule has 0 saturated carbocycles. The predicted molar refractivity (Wildman–Crippen MR) is 129 cm³/mol. The standard InChI is InChI=1S/C24H30FN3O6S/c1-6-34-23(31)22(30)19(29)10-8-7-9-18-20(15(2)3)26-24(28(4)35(5,32)33)27-21(18)16-11-13-17(25)14-12-16/h11-15H,6-10H2,1-5H3. The lowest BCUT2D eigenvalue weighted by atomic mass is 9.94. The van der Waals surface area contributed by atoms with Crippen molar-refractivity contribution in [3.05, 3.63) is 41.3 Å². The molecule has 0 fully saturated rings. The number of carbonyl (C=O) groups is 3. The molecule has 2 aromatic rings. The SMILES string of the molecule is CCOC(=O)C(=O)C(=O)CCCCc1c(-c2ccc(F)cc2)nc(N(C)S(C)(=O)=O)nc1C(C)C. The van der Waals surface area contributed by atoms with Crippen LogP contribution in [0.4, 0.5) is 10.3 Å². The van der Waals surface area contributed by atoms with Crippen molar-refractivity contribution in [2.75, 3.05) is 24.2 Å². The van der Waals surface area contributed by atoms with Gasteiger partial charge in [-0.15, -0.1) is 0 Å². The van der Waals surface area contributed by atoms with E-state index in [1.54, 1.807) is 19.1 Å². The van der Waals surface area contributed by atoms with Crippen molar-refractivity contribution < 1.29 is 31.9 Å². The number of anilines is 1. The van der Waals surface area contributed by atoms with Crippen molar-refractivity contribution in [2.45, 2.75) is 52.4 Å². The summed E-state index contributed by atoms with van der Waals surface area (Å²) in [6, 6.07) is 5.68. The van der Waals surface area contributed by atoms with Gasteiger partial charge in [-0.05, 0) is 56.4 Å². The number of benzene rings is 1. The molecule has 0 aliphatic rings. The van der Waals surface area contributed by atoms with Crippen LogP contribution < -0.4 is 4.31 Å². The minimum absolute atomic E-state index is 0.00511. The Hall–Kier alpha value is -3.21. The third-order valence-electron chi connectivity index (χ3n) is 5.27. The highest BCUT2D eigenvalue weighted by molar-refractivity contribution is 7.92. The fourth-order valence-corrected chi connectivity index (χ4v) is 3.74. The van der Waals surface area contributed by atoms with E-state index in [4.69, 9.17) is 0 Å². The van der Waals surface area contributed by atoms with Crippen LogP contribution in [0.2, 0.25) is 0 Å². The summed E-state index contributed by atoms with van der Waals surface area (Å²) in [7, 11) is -2.27. The van der Waals surface area contributed by atoms with Gasteiger partial charge in [-0.2, -0.15) is 0 Å². The van der Waals surface area contributed by atoms with E-state index >= 15 is 0 Å². The van der Waals surface area contributed by atoms with Gasteiger partial charge in [-0.3, -0.25) is 9.59 Å². The highest BCUT2D eigenvalue weighted by Crippen LogP contribution is 2.31. The number of carbonyl (C=O) groups excluding carboxylic acids is 3. The third kappa shape index (κ3) is 7.38. The van der Waals surface area contributed by atoms with Crippen molar-refractivity contribution in [1.29, 1.82) is 0 Å². The number of hydrogen-bond acceptors (Lipinski definition) is 8. The topological polar surface area (TPSA) is 124 Å². The summed E-state index contributed by atoms with van der Waals surface area (Å²) in [6.07, 6.45) is 2.15. The molecule has 0 radical (unpaired) electrons. The number of Topliss-reactive ketones (excluding diaryl/α,β-unsaturated/α-hetero) is 2. The van der Waals surface area contributed by atoms with Gasteiger partial charge < -0.3 is 4.74 Å². The molecule has 1 aromatic carbocycles. The molecule has 2 rings (SSSR count). The van der Waals surface area contributed by atoms with E-state index in [1.165, 1.54) is 19.2 Å². The molecule has 0 aliphatic carbocycles. The zero-order chi connectivity index (χ0) is 26.3. The first-order valence-corrected chi connectivity index (χ1v) is 13.1. The first-order valence-electron chi connectivity index (χ1n) is 11.2. The third-order valence-corrected chi connectivity index (χ3v) is 6.42. The fraction of sp³-hybridized carbons (Fsp3) is 0.458. The molecule has 0 aliphatic heterocycles. The predicted octanol–water partition coefficient (Wildman–Crippen LogP) is 3.22. The molecule has 0 spiro atoms. The van der Waals surface area contributed by atoms with Crippen molar-refractivity contribution in [1.82, 2.24) is 9.97 Å². The number of ether oxygens (including phenoxy) is 1. The highest BCUT2D eigenvalue weighted by Gasteiger charge is 2.25. The lowest BCUT2D eigenvalue weighted by molar-refractivity contribution is -0.156. The maximum atomic E-state index is 13.6. The second-order valence-corrected chi connectivity index (χ2v) is 10.3. The second-order valence-electron chi connectivity index (χ2n) is 8.31. The summed E-state index contributed by atoms with van der Waals surface area (Å²) in [4.78, 5) is 44.2. The molecule has 0 atom stereocenters. The summed E-state index contributed by atoms with van der Waals surface area (Å²) in [5.41, 5.74) is 2.41. The average molecular weight is 508 g/mol. The summed E-state index contributed by atoms with van der Waals surface area (Å²) in [5.74, 6) is -3.66. The quantitative estimate of drug-likeness (QED) is 0.186. The molecule has 1 heterocycles. The molecule has 0 saturated heterocycles. The Balaban J connectivity index is 2.38. The first kappa shape index (κ1) is 28.0. The summed E-state index contributed by atoms with van der Waals surface area (Å²) < 4.78 is 43.3. The Labute approximate surface area is 204 Å². The number of esters is 1. The molecular formula is C24H30FN3O6S.